The lowest BCUT2D eigenvalue weighted by Crippen LogP contribution is -2.30. The molecule has 0 unspecified atom stereocenters. The zero-order chi connectivity index (χ0) is 26.7. The molecule has 0 N–H and O–H groups in total. The summed E-state index contributed by atoms with van der Waals surface area (Å²) in [5.41, 5.74) is 1.50. The monoisotopic (exact) mass is 528 g/mol. The molecule has 6 nitrogen and oxygen atoms in total. The third-order valence-corrected chi connectivity index (χ3v) is 6.03. The fourth-order valence-electron chi connectivity index (χ4n) is 4.03. The molecule has 192 valence electrons. The molecule has 2 aromatic heterocycles. The molecule has 0 aliphatic heterocycles. The van der Waals surface area contributed by atoms with Crippen LogP contribution in [0.5, 0.6) is 5.88 Å². The van der Waals surface area contributed by atoms with Gasteiger partial charge in [-0.1, -0.05) is 54.1 Å². The second-order valence-corrected chi connectivity index (χ2v) is 9.04. The SMILES string of the molecule is Cc1cnc(CN(C)C(=O)Oc2c(-c3ccc(Cl)cc3)c(C)c(C(F)(F)F)n2Cc2ccccc2)cn1. The van der Waals surface area contributed by atoms with Gasteiger partial charge in [-0.25, -0.2) is 4.79 Å². The molecule has 0 saturated carbocycles. The third kappa shape index (κ3) is 5.94. The van der Waals surface area contributed by atoms with E-state index in [-0.39, 0.29) is 30.1 Å². The molecule has 4 rings (SSSR count). The number of halogens is 4. The van der Waals surface area contributed by atoms with E-state index in [9.17, 15) is 18.0 Å². The first-order valence-electron chi connectivity index (χ1n) is 11.3. The predicted molar refractivity (Wildman–Crippen MR) is 134 cm³/mol. The Morgan fingerprint density at radius 2 is 1.70 bits per heavy atom. The molecule has 0 aliphatic rings. The van der Waals surface area contributed by atoms with E-state index in [4.69, 9.17) is 16.3 Å². The predicted octanol–water partition coefficient (Wildman–Crippen LogP) is 6.91. The highest BCUT2D eigenvalue weighted by molar-refractivity contribution is 6.30. The highest BCUT2D eigenvalue weighted by Gasteiger charge is 2.41. The number of aromatic nitrogens is 3. The lowest BCUT2D eigenvalue weighted by Gasteiger charge is -2.19. The minimum absolute atomic E-state index is 0.0550. The Hall–Kier alpha value is -3.85. The molecule has 0 bridgehead atoms. The minimum atomic E-state index is -4.70. The summed E-state index contributed by atoms with van der Waals surface area (Å²) in [7, 11) is 1.48. The van der Waals surface area contributed by atoms with Crippen LogP contribution in [0.25, 0.3) is 11.1 Å². The molecule has 10 heteroatoms. The highest BCUT2D eigenvalue weighted by atomic mass is 35.5. The quantitative estimate of drug-likeness (QED) is 0.273. The van der Waals surface area contributed by atoms with E-state index in [1.54, 1.807) is 67.7 Å². The van der Waals surface area contributed by atoms with E-state index in [0.29, 0.717) is 21.8 Å². The third-order valence-electron chi connectivity index (χ3n) is 5.77. The van der Waals surface area contributed by atoms with Crippen LogP contribution in [-0.4, -0.2) is 32.6 Å². The van der Waals surface area contributed by atoms with Gasteiger partial charge in [-0.15, -0.1) is 0 Å². The average molecular weight is 529 g/mol. The van der Waals surface area contributed by atoms with Gasteiger partial charge in [0.25, 0.3) is 0 Å². The lowest BCUT2D eigenvalue weighted by molar-refractivity contribution is -0.144. The molecule has 37 heavy (non-hydrogen) atoms. The van der Waals surface area contributed by atoms with Crippen LogP contribution in [0.1, 0.15) is 28.2 Å². The standard InChI is InChI=1S/C27H24ClF3N4O2/c1-17-13-33-22(14-32-17)16-34(3)26(36)37-25-23(20-9-11-21(28)12-10-20)18(2)24(27(29,30)31)35(25)15-19-7-5-4-6-8-19/h4-14H,15-16H2,1-3H3. The minimum Gasteiger partial charge on any atom is -0.392 e. The molecule has 0 spiro atoms. The van der Waals surface area contributed by atoms with Crippen molar-refractivity contribution in [2.45, 2.75) is 33.1 Å². The summed E-state index contributed by atoms with van der Waals surface area (Å²) < 4.78 is 49.9. The first-order valence-corrected chi connectivity index (χ1v) is 11.7. The lowest BCUT2D eigenvalue weighted by atomic mass is 10.0. The normalized spacial score (nSPS) is 11.4. The topological polar surface area (TPSA) is 60.3 Å². The van der Waals surface area contributed by atoms with E-state index in [1.165, 1.54) is 25.1 Å². The number of nitrogens with zero attached hydrogens (tertiary/aromatic N) is 4. The summed E-state index contributed by atoms with van der Waals surface area (Å²) in [6.45, 7) is 3.07. The Morgan fingerprint density at radius 1 is 1.03 bits per heavy atom. The van der Waals surface area contributed by atoms with Crippen LogP contribution >= 0.6 is 11.6 Å². The molecule has 0 atom stereocenters. The van der Waals surface area contributed by atoms with Crippen molar-refractivity contribution in [3.8, 4) is 17.0 Å². The Kier molecular flexibility index (Phi) is 7.54. The van der Waals surface area contributed by atoms with Crippen LogP contribution in [-0.2, 0) is 19.3 Å². The average Bonchev–Trinajstić information content (AvgIpc) is 3.12. The molecule has 0 fully saturated rings. The number of amides is 1. The van der Waals surface area contributed by atoms with E-state index >= 15 is 0 Å². The van der Waals surface area contributed by atoms with Gasteiger partial charge in [-0.2, -0.15) is 13.2 Å². The first kappa shape index (κ1) is 26.2. The molecule has 0 saturated heterocycles. The number of hydrogen-bond acceptors (Lipinski definition) is 4. The van der Waals surface area contributed by atoms with E-state index in [2.05, 4.69) is 9.97 Å². The maximum absolute atomic E-state index is 14.4. The number of rotatable bonds is 6. The summed E-state index contributed by atoms with van der Waals surface area (Å²) in [6, 6.07) is 15.0. The number of ether oxygens (including phenoxy) is 1. The smallest absolute Gasteiger partial charge is 0.392 e. The van der Waals surface area contributed by atoms with Crippen molar-refractivity contribution in [1.82, 2.24) is 19.4 Å². The van der Waals surface area contributed by atoms with Crippen molar-refractivity contribution in [3.05, 3.63) is 100 Å². The van der Waals surface area contributed by atoms with Gasteiger partial charge in [0.2, 0.25) is 5.88 Å². The Bertz CT molecular complexity index is 1390. The van der Waals surface area contributed by atoms with E-state index in [1.807, 2.05) is 0 Å². The Balaban J connectivity index is 1.81. The van der Waals surface area contributed by atoms with Crippen LogP contribution in [0, 0.1) is 13.8 Å². The fourth-order valence-corrected chi connectivity index (χ4v) is 4.16. The summed E-state index contributed by atoms with van der Waals surface area (Å²) in [4.78, 5) is 22.8. The number of alkyl halides is 3. The maximum Gasteiger partial charge on any atom is 0.431 e. The number of hydrogen-bond donors (Lipinski definition) is 0. The van der Waals surface area contributed by atoms with Gasteiger partial charge in [-0.3, -0.25) is 9.97 Å². The van der Waals surface area contributed by atoms with Crippen molar-refractivity contribution >= 4 is 17.7 Å². The fraction of sp³-hybridized carbons (Fsp3) is 0.222. The molecule has 1 amide bonds. The van der Waals surface area contributed by atoms with Gasteiger partial charge in [0, 0.05) is 23.8 Å². The van der Waals surface area contributed by atoms with Gasteiger partial charge in [0.1, 0.15) is 5.69 Å². The van der Waals surface area contributed by atoms with Gasteiger partial charge in [-0.05, 0) is 42.7 Å². The van der Waals surface area contributed by atoms with Gasteiger partial charge in [0.05, 0.1) is 30.7 Å². The van der Waals surface area contributed by atoms with Crippen molar-refractivity contribution < 1.29 is 22.7 Å². The van der Waals surface area contributed by atoms with Crippen molar-refractivity contribution in [2.75, 3.05) is 7.05 Å². The van der Waals surface area contributed by atoms with E-state index in [0.717, 1.165) is 10.3 Å². The Labute approximate surface area is 217 Å². The van der Waals surface area contributed by atoms with Crippen LogP contribution in [0.3, 0.4) is 0 Å². The number of carbonyl (C=O) groups is 1. The van der Waals surface area contributed by atoms with Crippen molar-refractivity contribution in [3.63, 3.8) is 0 Å². The summed E-state index contributed by atoms with van der Waals surface area (Å²) in [6.07, 6.45) is -2.44. The molecular weight excluding hydrogens is 505 g/mol. The van der Waals surface area contributed by atoms with Gasteiger partial charge >= 0.3 is 12.3 Å². The second-order valence-electron chi connectivity index (χ2n) is 8.60. The van der Waals surface area contributed by atoms with Gasteiger partial charge < -0.3 is 14.2 Å². The number of benzene rings is 2. The van der Waals surface area contributed by atoms with Gasteiger partial charge in [0.15, 0.2) is 0 Å². The first-order chi connectivity index (χ1) is 17.5. The van der Waals surface area contributed by atoms with E-state index < -0.39 is 18.0 Å². The zero-order valence-electron chi connectivity index (χ0n) is 20.4. The summed E-state index contributed by atoms with van der Waals surface area (Å²) in [5, 5.41) is 0.429. The summed E-state index contributed by atoms with van der Waals surface area (Å²) >= 11 is 6.02. The molecule has 4 aromatic rings. The molecule has 0 aliphatic carbocycles. The largest absolute Gasteiger partial charge is 0.431 e. The summed E-state index contributed by atoms with van der Waals surface area (Å²) in [5.74, 6) is -0.206. The van der Waals surface area contributed by atoms with Crippen LogP contribution in [0.4, 0.5) is 18.0 Å². The van der Waals surface area contributed by atoms with Crippen LogP contribution in [0.2, 0.25) is 5.02 Å². The molecule has 2 heterocycles. The molecule has 2 aromatic carbocycles. The van der Waals surface area contributed by atoms with Crippen molar-refractivity contribution in [1.29, 1.82) is 0 Å². The number of aryl methyl sites for hydroxylation is 1. The second kappa shape index (κ2) is 10.6. The Morgan fingerprint density at radius 3 is 2.30 bits per heavy atom. The number of carbonyl (C=O) groups excluding carboxylic acids is 1. The maximum atomic E-state index is 14.4. The highest BCUT2D eigenvalue weighted by Crippen LogP contribution is 2.45. The van der Waals surface area contributed by atoms with Crippen LogP contribution in [0.15, 0.2) is 67.0 Å². The molecular formula is C27H24ClF3N4O2. The molecule has 0 radical (unpaired) electrons. The zero-order valence-corrected chi connectivity index (χ0v) is 21.1. The van der Waals surface area contributed by atoms with Crippen molar-refractivity contribution in [2.24, 2.45) is 0 Å². The van der Waals surface area contributed by atoms with Crippen LogP contribution < -0.4 is 4.74 Å².